The smallest absolute Gasteiger partial charge is 0.270 e. The van der Waals surface area contributed by atoms with Gasteiger partial charge in [-0.15, -0.1) is 0 Å². The maximum Gasteiger partial charge on any atom is 0.270 e. The molecule has 1 aromatic rings. The lowest BCUT2D eigenvalue weighted by atomic mass is 9.92. The largest absolute Gasteiger partial charge is 0.393 e. The minimum Gasteiger partial charge on any atom is -0.393 e. The number of hydrogen-bond acceptors (Lipinski definition) is 5. The number of rotatable bonds is 4. The van der Waals surface area contributed by atoms with Crippen molar-refractivity contribution < 1.29 is 9.90 Å². The van der Waals surface area contributed by atoms with Crippen LogP contribution in [-0.4, -0.2) is 39.7 Å². The molecule has 3 rings (SSSR count). The van der Waals surface area contributed by atoms with Crippen molar-refractivity contribution in [1.82, 2.24) is 15.3 Å². The number of amides is 1. The summed E-state index contributed by atoms with van der Waals surface area (Å²) in [6, 6.07) is 0.217. The summed E-state index contributed by atoms with van der Waals surface area (Å²) in [5.74, 6) is 1.84. The van der Waals surface area contributed by atoms with Crippen molar-refractivity contribution in [2.24, 2.45) is 5.92 Å². The van der Waals surface area contributed by atoms with Crippen molar-refractivity contribution >= 4 is 11.7 Å². The first-order valence-corrected chi connectivity index (χ1v) is 8.65. The van der Waals surface area contributed by atoms with Gasteiger partial charge in [-0.05, 0) is 38.0 Å². The first-order valence-electron chi connectivity index (χ1n) is 8.65. The van der Waals surface area contributed by atoms with Crippen molar-refractivity contribution in [2.45, 2.75) is 64.5 Å². The highest BCUT2D eigenvalue weighted by molar-refractivity contribution is 5.96. The number of aromatic nitrogens is 2. The van der Waals surface area contributed by atoms with E-state index >= 15 is 0 Å². The topological polar surface area (TPSA) is 87.1 Å². The van der Waals surface area contributed by atoms with Crippen LogP contribution >= 0.6 is 0 Å². The molecule has 1 aromatic heterocycles. The van der Waals surface area contributed by atoms with E-state index in [1.807, 2.05) is 0 Å². The van der Waals surface area contributed by atoms with Crippen LogP contribution < -0.4 is 10.6 Å². The predicted octanol–water partition coefficient (Wildman–Crippen LogP) is 1.68. The van der Waals surface area contributed by atoms with Gasteiger partial charge in [-0.3, -0.25) is 4.79 Å². The zero-order valence-corrected chi connectivity index (χ0v) is 13.9. The highest BCUT2D eigenvalue weighted by Crippen LogP contribution is 2.26. The minimum absolute atomic E-state index is 0.106. The second-order valence-electron chi connectivity index (χ2n) is 7.08. The molecule has 23 heavy (non-hydrogen) atoms. The summed E-state index contributed by atoms with van der Waals surface area (Å²) in [5, 5.41) is 16.2. The Kier molecular flexibility index (Phi) is 4.80. The lowest BCUT2D eigenvalue weighted by Crippen LogP contribution is -2.36. The Morgan fingerprint density at radius 3 is 2.91 bits per heavy atom. The predicted molar refractivity (Wildman–Crippen MR) is 88.5 cm³/mol. The van der Waals surface area contributed by atoms with E-state index in [2.05, 4.69) is 29.5 Å². The van der Waals surface area contributed by atoms with Crippen LogP contribution in [0.1, 0.15) is 61.4 Å². The van der Waals surface area contributed by atoms with Crippen LogP contribution in [0.2, 0.25) is 0 Å². The lowest BCUT2D eigenvalue weighted by Gasteiger charge is -2.29. The number of aliphatic hydroxyl groups is 1. The van der Waals surface area contributed by atoms with Gasteiger partial charge in [-0.2, -0.15) is 0 Å². The van der Waals surface area contributed by atoms with Gasteiger partial charge in [-0.1, -0.05) is 13.8 Å². The molecule has 1 aliphatic carbocycles. The van der Waals surface area contributed by atoms with Crippen LogP contribution in [0.3, 0.4) is 0 Å². The number of fused-ring (bicyclic) bond motifs is 1. The van der Waals surface area contributed by atoms with E-state index in [-0.39, 0.29) is 18.1 Å². The van der Waals surface area contributed by atoms with Gasteiger partial charge < -0.3 is 15.7 Å². The second kappa shape index (κ2) is 6.83. The number of anilines is 1. The molecule has 0 spiro atoms. The van der Waals surface area contributed by atoms with Gasteiger partial charge in [-0.25, -0.2) is 9.97 Å². The first-order chi connectivity index (χ1) is 11.0. The van der Waals surface area contributed by atoms with Crippen molar-refractivity contribution in [3.63, 3.8) is 0 Å². The number of nitrogens with zero attached hydrogens (tertiary/aromatic N) is 2. The van der Waals surface area contributed by atoms with Crippen molar-refractivity contribution in [3.8, 4) is 0 Å². The molecule has 0 saturated heterocycles. The van der Waals surface area contributed by atoms with E-state index in [4.69, 9.17) is 4.98 Å². The molecule has 0 unspecified atom stereocenters. The fourth-order valence-electron chi connectivity index (χ4n) is 3.40. The quantitative estimate of drug-likeness (QED) is 0.786. The average Bonchev–Trinajstić information content (AvgIpc) is 2.48. The van der Waals surface area contributed by atoms with E-state index in [1.165, 1.54) is 0 Å². The van der Waals surface area contributed by atoms with E-state index < -0.39 is 0 Å². The molecule has 1 amide bonds. The fraction of sp³-hybridized carbons (Fsp3) is 0.706. The van der Waals surface area contributed by atoms with Crippen molar-refractivity contribution in [3.05, 3.63) is 17.1 Å². The Bertz CT molecular complexity index is 588. The molecule has 2 heterocycles. The molecule has 0 aromatic carbocycles. The molecule has 126 valence electrons. The van der Waals surface area contributed by atoms with Crippen molar-refractivity contribution in [1.29, 1.82) is 0 Å². The van der Waals surface area contributed by atoms with Gasteiger partial charge in [0.1, 0.15) is 17.3 Å². The van der Waals surface area contributed by atoms with Gasteiger partial charge in [0.25, 0.3) is 5.91 Å². The summed E-state index contributed by atoms with van der Waals surface area (Å²) in [5.41, 5.74) is 1.43. The second-order valence-corrected chi connectivity index (χ2v) is 7.08. The zero-order chi connectivity index (χ0) is 16.4. The number of nitrogens with one attached hydrogen (secondary N) is 2. The van der Waals surface area contributed by atoms with Gasteiger partial charge in [0, 0.05) is 24.6 Å². The summed E-state index contributed by atoms with van der Waals surface area (Å²) in [6.07, 6.45) is 4.93. The van der Waals surface area contributed by atoms with Crippen LogP contribution in [-0.2, 0) is 12.8 Å². The van der Waals surface area contributed by atoms with E-state index in [0.29, 0.717) is 18.2 Å². The summed E-state index contributed by atoms with van der Waals surface area (Å²) < 4.78 is 0. The Morgan fingerprint density at radius 2 is 2.17 bits per heavy atom. The number of carbonyl (C=O) groups excluding carboxylic acids is 1. The van der Waals surface area contributed by atoms with Crippen LogP contribution in [0.5, 0.6) is 0 Å². The summed E-state index contributed by atoms with van der Waals surface area (Å²) in [7, 11) is 0. The molecule has 1 fully saturated rings. The minimum atomic E-state index is -0.239. The maximum absolute atomic E-state index is 12.2. The third-order valence-corrected chi connectivity index (χ3v) is 4.51. The SMILES string of the molecule is CC(C)Cc1nc(N[C@H]2CCC[C@@H](O)C2)c2c(n1)C(=O)NCC2. The molecular formula is C17H26N4O2. The number of carbonyl (C=O) groups is 1. The molecular weight excluding hydrogens is 292 g/mol. The summed E-state index contributed by atoms with van der Waals surface area (Å²) in [4.78, 5) is 21.3. The Balaban J connectivity index is 1.90. The molecule has 2 atom stereocenters. The molecule has 6 heteroatoms. The molecule has 3 N–H and O–H groups in total. The van der Waals surface area contributed by atoms with Crippen LogP contribution in [0.4, 0.5) is 5.82 Å². The Morgan fingerprint density at radius 1 is 1.35 bits per heavy atom. The standard InChI is InChI=1S/C17H26N4O2/c1-10(2)8-14-20-15-13(6-7-18-17(15)23)16(21-14)19-11-4-3-5-12(22)9-11/h10-12,22H,3-9H2,1-2H3,(H,18,23)(H,19,20,21)/t11-,12+/m0/s1. The van der Waals surface area contributed by atoms with Crippen LogP contribution in [0, 0.1) is 5.92 Å². The lowest BCUT2D eigenvalue weighted by molar-refractivity contribution is 0.0939. The van der Waals surface area contributed by atoms with E-state index in [0.717, 1.165) is 55.7 Å². The third-order valence-electron chi connectivity index (χ3n) is 4.51. The van der Waals surface area contributed by atoms with Gasteiger partial charge >= 0.3 is 0 Å². The van der Waals surface area contributed by atoms with Crippen molar-refractivity contribution in [2.75, 3.05) is 11.9 Å². The highest BCUT2D eigenvalue weighted by Gasteiger charge is 2.26. The van der Waals surface area contributed by atoms with Crippen LogP contribution in [0.25, 0.3) is 0 Å². The van der Waals surface area contributed by atoms with Gasteiger partial charge in [0.05, 0.1) is 6.10 Å². The zero-order valence-electron chi connectivity index (χ0n) is 13.9. The molecule has 0 bridgehead atoms. The number of hydrogen-bond donors (Lipinski definition) is 3. The van der Waals surface area contributed by atoms with Gasteiger partial charge in [0.15, 0.2) is 0 Å². The van der Waals surface area contributed by atoms with Crippen LogP contribution in [0.15, 0.2) is 0 Å². The number of aliphatic hydroxyl groups excluding tert-OH is 1. The fourth-order valence-corrected chi connectivity index (χ4v) is 3.40. The Labute approximate surface area is 137 Å². The average molecular weight is 318 g/mol. The monoisotopic (exact) mass is 318 g/mol. The molecule has 2 aliphatic rings. The molecule has 1 saturated carbocycles. The maximum atomic E-state index is 12.2. The molecule has 1 aliphatic heterocycles. The Hall–Kier alpha value is -1.69. The summed E-state index contributed by atoms with van der Waals surface area (Å²) in [6.45, 7) is 4.86. The normalized spacial score (nSPS) is 24.3. The summed E-state index contributed by atoms with van der Waals surface area (Å²) >= 11 is 0. The van der Waals surface area contributed by atoms with Gasteiger partial charge in [0.2, 0.25) is 0 Å². The highest BCUT2D eigenvalue weighted by atomic mass is 16.3. The first kappa shape index (κ1) is 16.2. The van der Waals surface area contributed by atoms with E-state index in [1.54, 1.807) is 0 Å². The molecule has 6 nitrogen and oxygen atoms in total. The van der Waals surface area contributed by atoms with E-state index in [9.17, 15) is 9.90 Å². The molecule has 0 radical (unpaired) electrons. The third kappa shape index (κ3) is 3.80.